The highest BCUT2D eigenvalue weighted by atomic mass is 32.2. The Bertz CT molecular complexity index is 738. The third-order valence-electron chi connectivity index (χ3n) is 2.49. The van der Waals surface area contributed by atoms with Gasteiger partial charge in [0.2, 0.25) is 0 Å². The first-order valence-electron chi connectivity index (χ1n) is 5.93. The average Bonchev–Trinajstić information content (AvgIpc) is 2.99. The Morgan fingerprint density at radius 2 is 1.90 bits per heavy atom. The fraction of sp³-hybridized carbons (Fsp3) is 0.0769. The van der Waals surface area contributed by atoms with Crippen LogP contribution in [0.5, 0.6) is 0 Å². The minimum absolute atomic E-state index is 0.160. The summed E-state index contributed by atoms with van der Waals surface area (Å²) in [5.74, 6) is -1.06. The van der Waals surface area contributed by atoms with Crippen LogP contribution in [0.3, 0.4) is 0 Å². The largest absolute Gasteiger partial charge is 0.385 e. The van der Waals surface area contributed by atoms with Crippen molar-refractivity contribution in [1.82, 2.24) is 5.43 Å². The summed E-state index contributed by atoms with van der Waals surface area (Å²) in [7, 11) is -3.57. The zero-order valence-corrected chi connectivity index (χ0v) is 12.5. The van der Waals surface area contributed by atoms with E-state index in [0.717, 1.165) is 0 Å². The molecule has 0 spiro atoms. The Balaban J connectivity index is 2.02. The Morgan fingerprint density at radius 3 is 2.52 bits per heavy atom. The molecular formula is C13H13N3O3S2. The van der Waals surface area contributed by atoms with Crippen LogP contribution in [0.2, 0.25) is 0 Å². The lowest BCUT2D eigenvalue weighted by Crippen LogP contribution is -2.28. The van der Waals surface area contributed by atoms with Crippen molar-refractivity contribution >= 4 is 32.9 Å². The van der Waals surface area contributed by atoms with E-state index in [4.69, 9.17) is 5.73 Å². The smallest absolute Gasteiger partial charge is 0.281 e. The van der Waals surface area contributed by atoms with Crippen molar-refractivity contribution in [2.24, 2.45) is 10.8 Å². The zero-order valence-electron chi connectivity index (χ0n) is 10.9. The quantitative estimate of drug-likeness (QED) is 0.491. The van der Waals surface area contributed by atoms with Gasteiger partial charge in [-0.15, -0.1) is 11.3 Å². The molecule has 1 aromatic heterocycles. The molecule has 6 nitrogen and oxygen atoms in total. The van der Waals surface area contributed by atoms with Crippen molar-refractivity contribution in [3.8, 4) is 0 Å². The van der Waals surface area contributed by atoms with E-state index in [1.807, 2.05) is 0 Å². The van der Waals surface area contributed by atoms with Crippen LogP contribution >= 0.6 is 11.3 Å². The molecule has 0 unspecified atom stereocenters. The Morgan fingerprint density at radius 1 is 1.19 bits per heavy atom. The van der Waals surface area contributed by atoms with E-state index in [9.17, 15) is 13.2 Å². The Labute approximate surface area is 126 Å². The number of thiophene rings is 1. The molecule has 2 rings (SSSR count). The lowest BCUT2D eigenvalue weighted by Gasteiger charge is -2.04. The van der Waals surface area contributed by atoms with Gasteiger partial charge in [-0.3, -0.25) is 4.79 Å². The van der Waals surface area contributed by atoms with Crippen molar-refractivity contribution in [3.63, 3.8) is 0 Å². The van der Waals surface area contributed by atoms with Crippen LogP contribution in [-0.4, -0.2) is 25.9 Å². The SMILES string of the molecule is NC(CS(=O)(=O)c1ccccc1)=NNC(=O)c1cccs1. The molecular weight excluding hydrogens is 310 g/mol. The number of hydrogen-bond acceptors (Lipinski definition) is 5. The highest BCUT2D eigenvalue weighted by Gasteiger charge is 2.16. The number of amidine groups is 1. The molecule has 0 aliphatic rings. The second kappa shape index (κ2) is 6.51. The highest BCUT2D eigenvalue weighted by molar-refractivity contribution is 7.92. The summed E-state index contributed by atoms with van der Waals surface area (Å²) in [6.45, 7) is 0. The van der Waals surface area contributed by atoms with Gasteiger partial charge in [-0.05, 0) is 23.6 Å². The minimum Gasteiger partial charge on any atom is -0.385 e. The lowest BCUT2D eigenvalue weighted by atomic mass is 10.4. The normalized spacial score (nSPS) is 12.1. The predicted octanol–water partition coefficient (Wildman–Crippen LogP) is 1.22. The van der Waals surface area contributed by atoms with E-state index in [0.29, 0.717) is 4.88 Å². The van der Waals surface area contributed by atoms with E-state index in [1.165, 1.54) is 23.5 Å². The topological polar surface area (TPSA) is 102 Å². The molecule has 0 saturated heterocycles. The Kier molecular flexibility index (Phi) is 4.71. The van der Waals surface area contributed by atoms with Crippen molar-refractivity contribution in [3.05, 3.63) is 52.7 Å². The van der Waals surface area contributed by atoms with Crippen molar-refractivity contribution in [2.75, 3.05) is 5.75 Å². The Hall–Kier alpha value is -2.19. The summed E-state index contributed by atoms with van der Waals surface area (Å²) in [4.78, 5) is 12.3. The zero-order chi connectivity index (χ0) is 15.3. The molecule has 0 fully saturated rings. The van der Waals surface area contributed by atoms with Gasteiger partial charge in [-0.25, -0.2) is 13.8 Å². The van der Waals surface area contributed by atoms with Gasteiger partial charge in [0.05, 0.1) is 9.77 Å². The maximum Gasteiger partial charge on any atom is 0.281 e. The monoisotopic (exact) mass is 323 g/mol. The highest BCUT2D eigenvalue weighted by Crippen LogP contribution is 2.10. The molecule has 0 aliphatic heterocycles. The summed E-state index contributed by atoms with van der Waals surface area (Å²) in [6, 6.07) is 11.3. The van der Waals surface area contributed by atoms with Crippen LogP contribution in [0.25, 0.3) is 0 Å². The number of benzene rings is 1. The van der Waals surface area contributed by atoms with Gasteiger partial charge < -0.3 is 5.73 Å². The molecule has 0 bridgehead atoms. The third kappa shape index (κ3) is 4.14. The van der Waals surface area contributed by atoms with Crippen LogP contribution in [0.4, 0.5) is 0 Å². The van der Waals surface area contributed by atoms with Crippen LogP contribution in [0, 0.1) is 0 Å². The first kappa shape index (κ1) is 15.2. The first-order chi connectivity index (χ1) is 9.99. The van der Waals surface area contributed by atoms with Crippen LogP contribution in [0.15, 0.2) is 57.8 Å². The molecule has 3 N–H and O–H groups in total. The molecule has 0 atom stereocenters. The number of amides is 1. The van der Waals surface area contributed by atoms with Crippen molar-refractivity contribution in [1.29, 1.82) is 0 Å². The second-order valence-electron chi connectivity index (χ2n) is 4.09. The van der Waals surface area contributed by atoms with Gasteiger partial charge in [0.1, 0.15) is 11.6 Å². The van der Waals surface area contributed by atoms with E-state index in [2.05, 4.69) is 10.5 Å². The number of nitrogens with one attached hydrogen (secondary N) is 1. The van der Waals surface area contributed by atoms with Gasteiger partial charge in [-0.1, -0.05) is 24.3 Å². The summed E-state index contributed by atoms with van der Waals surface area (Å²) >= 11 is 1.25. The molecule has 8 heteroatoms. The molecule has 2 aromatic rings. The average molecular weight is 323 g/mol. The lowest BCUT2D eigenvalue weighted by molar-refractivity contribution is 0.0958. The summed E-state index contributed by atoms with van der Waals surface area (Å²) in [5, 5.41) is 5.36. The molecule has 21 heavy (non-hydrogen) atoms. The number of carbonyl (C=O) groups excluding carboxylic acids is 1. The number of sulfone groups is 1. The fourth-order valence-corrected chi connectivity index (χ4v) is 3.33. The van der Waals surface area contributed by atoms with E-state index >= 15 is 0 Å². The van der Waals surface area contributed by atoms with E-state index in [1.54, 1.807) is 35.7 Å². The fourth-order valence-electron chi connectivity index (χ4n) is 1.52. The van der Waals surface area contributed by atoms with Gasteiger partial charge in [-0.2, -0.15) is 5.10 Å². The van der Waals surface area contributed by atoms with Gasteiger partial charge in [0, 0.05) is 0 Å². The number of hydrogen-bond donors (Lipinski definition) is 2. The maximum atomic E-state index is 12.0. The number of hydrazone groups is 1. The molecule has 1 heterocycles. The molecule has 1 aromatic carbocycles. The summed E-state index contributed by atoms with van der Waals surface area (Å²) < 4.78 is 24.1. The van der Waals surface area contributed by atoms with Crippen LogP contribution in [0.1, 0.15) is 9.67 Å². The van der Waals surface area contributed by atoms with Crippen LogP contribution < -0.4 is 11.2 Å². The predicted molar refractivity (Wildman–Crippen MR) is 81.9 cm³/mol. The van der Waals surface area contributed by atoms with Crippen molar-refractivity contribution in [2.45, 2.75) is 4.90 Å². The maximum absolute atomic E-state index is 12.0. The van der Waals surface area contributed by atoms with Gasteiger partial charge >= 0.3 is 0 Å². The number of carbonyl (C=O) groups is 1. The van der Waals surface area contributed by atoms with Gasteiger partial charge in [0.25, 0.3) is 5.91 Å². The minimum atomic E-state index is -3.57. The number of nitrogens with two attached hydrogens (primary N) is 1. The van der Waals surface area contributed by atoms with Crippen molar-refractivity contribution < 1.29 is 13.2 Å². The first-order valence-corrected chi connectivity index (χ1v) is 8.46. The summed E-state index contributed by atoms with van der Waals surface area (Å²) in [6.07, 6.45) is 0. The second-order valence-corrected chi connectivity index (χ2v) is 7.03. The molecule has 110 valence electrons. The van der Waals surface area contributed by atoms with Gasteiger partial charge in [0.15, 0.2) is 9.84 Å². The number of rotatable bonds is 5. The standard InChI is InChI=1S/C13H13N3O3S2/c14-12(15-16-13(17)11-7-4-8-20-11)9-21(18,19)10-5-2-1-3-6-10/h1-8H,9H2,(H2,14,15)(H,16,17). The molecule has 0 radical (unpaired) electrons. The van der Waals surface area contributed by atoms with E-state index in [-0.39, 0.29) is 10.7 Å². The molecule has 1 amide bonds. The molecule has 0 aliphatic carbocycles. The van der Waals surface area contributed by atoms with E-state index < -0.39 is 21.5 Å². The third-order valence-corrected chi connectivity index (χ3v) is 5.02. The van der Waals surface area contributed by atoms with Crippen LogP contribution in [-0.2, 0) is 9.84 Å². The molecule has 0 saturated carbocycles. The number of nitrogens with zero attached hydrogens (tertiary/aromatic N) is 1. The summed E-state index contributed by atoms with van der Waals surface area (Å²) in [5.41, 5.74) is 7.79.